The van der Waals surface area contributed by atoms with Crippen LogP contribution in [0.5, 0.6) is 0 Å². The maximum atomic E-state index is 13.7. The lowest BCUT2D eigenvalue weighted by Gasteiger charge is -2.22. The van der Waals surface area contributed by atoms with E-state index in [0.717, 1.165) is 27.3 Å². The molecule has 1 atom stereocenters. The Kier molecular flexibility index (Phi) is 8.94. The molecule has 0 bridgehead atoms. The van der Waals surface area contributed by atoms with Crippen LogP contribution in [0.3, 0.4) is 0 Å². The third kappa shape index (κ3) is 6.79. The average Bonchev–Trinajstić information content (AvgIpc) is 3.80. The minimum Gasteiger partial charge on any atom is -0.345 e. The maximum Gasteiger partial charge on any atom is 0.253 e. The highest BCUT2D eigenvalue weighted by Crippen LogP contribution is 2.35. The van der Waals surface area contributed by atoms with Crippen molar-refractivity contribution in [3.05, 3.63) is 135 Å². The molecule has 1 aliphatic rings. The number of aryl methyl sites for hydroxylation is 1. The first-order valence-corrected chi connectivity index (χ1v) is 15.9. The second kappa shape index (κ2) is 13.4. The summed E-state index contributed by atoms with van der Waals surface area (Å²) >= 11 is 2.89. The van der Waals surface area contributed by atoms with Gasteiger partial charge in [-0.3, -0.25) is 9.59 Å². The van der Waals surface area contributed by atoms with Crippen LogP contribution in [0.2, 0.25) is 0 Å². The monoisotopic (exact) mass is 624 g/mol. The molecule has 0 saturated carbocycles. The Morgan fingerprint density at radius 3 is 2.57 bits per heavy atom. The fourth-order valence-corrected chi connectivity index (χ4v) is 6.48. The molecule has 1 N–H and O–H groups in total. The van der Waals surface area contributed by atoms with Crippen molar-refractivity contribution in [1.82, 2.24) is 25.1 Å². The molecule has 3 aromatic carbocycles. The standard InChI is InChI=1S/C33H29FN6O2S2/c1-22-12-14-24(15-13-22)28-18-27(29-11-6-16-43-29)38-40(28)31(41)21-44-33-37-36-30(39(33)20-23-7-3-2-4-8-23)19-35-32(42)25-9-5-10-26(34)17-25/h2-17,28H,18-21H2,1H3,(H,35,42)/t28-/m0/s1. The number of carbonyl (C=O) groups excluding carboxylic acids is 2. The van der Waals surface area contributed by atoms with Gasteiger partial charge < -0.3 is 9.88 Å². The fourth-order valence-electron chi connectivity index (χ4n) is 4.94. The smallest absolute Gasteiger partial charge is 0.253 e. The number of benzene rings is 3. The van der Waals surface area contributed by atoms with Crippen LogP contribution in [-0.4, -0.2) is 43.1 Å². The van der Waals surface area contributed by atoms with Gasteiger partial charge >= 0.3 is 0 Å². The van der Waals surface area contributed by atoms with Gasteiger partial charge in [-0.25, -0.2) is 9.40 Å². The summed E-state index contributed by atoms with van der Waals surface area (Å²) in [6.45, 7) is 2.57. The summed E-state index contributed by atoms with van der Waals surface area (Å²) < 4.78 is 15.5. The van der Waals surface area contributed by atoms with Gasteiger partial charge in [0.2, 0.25) is 0 Å². The molecule has 44 heavy (non-hydrogen) atoms. The molecule has 0 radical (unpaired) electrons. The molecular weight excluding hydrogens is 596 g/mol. The predicted molar refractivity (Wildman–Crippen MR) is 170 cm³/mol. The molecule has 0 saturated heterocycles. The second-order valence-electron chi connectivity index (χ2n) is 10.3. The molecule has 2 aromatic heterocycles. The second-order valence-corrected chi connectivity index (χ2v) is 12.2. The zero-order valence-corrected chi connectivity index (χ0v) is 25.5. The number of nitrogens with zero attached hydrogens (tertiary/aromatic N) is 5. The van der Waals surface area contributed by atoms with E-state index in [9.17, 15) is 14.0 Å². The Morgan fingerprint density at radius 2 is 1.82 bits per heavy atom. The molecule has 2 amide bonds. The summed E-state index contributed by atoms with van der Waals surface area (Å²) in [6.07, 6.45) is 0.638. The van der Waals surface area contributed by atoms with E-state index in [1.54, 1.807) is 22.4 Å². The summed E-state index contributed by atoms with van der Waals surface area (Å²) in [5.74, 6) is -0.416. The van der Waals surface area contributed by atoms with Gasteiger partial charge in [-0.2, -0.15) is 5.10 Å². The fraction of sp³-hybridized carbons (Fsp3) is 0.182. The third-order valence-electron chi connectivity index (χ3n) is 7.23. The topological polar surface area (TPSA) is 92.5 Å². The van der Waals surface area contributed by atoms with Crippen LogP contribution in [0.25, 0.3) is 0 Å². The first-order valence-electron chi connectivity index (χ1n) is 14.1. The summed E-state index contributed by atoms with van der Waals surface area (Å²) in [5, 5.41) is 20.5. The van der Waals surface area contributed by atoms with Gasteiger partial charge in [0.1, 0.15) is 5.82 Å². The number of thiophene rings is 1. The van der Waals surface area contributed by atoms with Crippen molar-refractivity contribution in [3.8, 4) is 0 Å². The van der Waals surface area contributed by atoms with Gasteiger partial charge in [-0.05, 0) is 47.7 Å². The summed E-state index contributed by atoms with van der Waals surface area (Å²) in [5.41, 5.74) is 4.32. The third-order valence-corrected chi connectivity index (χ3v) is 9.10. The first-order chi connectivity index (χ1) is 21.4. The van der Waals surface area contributed by atoms with Gasteiger partial charge in [-0.1, -0.05) is 84.1 Å². The lowest BCUT2D eigenvalue weighted by molar-refractivity contribution is -0.130. The number of carbonyl (C=O) groups is 2. The summed E-state index contributed by atoms with van der Waals surface area (Å²) in [7, 11) is 0. The van der Waals surface area contributed by atoms with E-state index in [-0.39, 0.29) is 29.8 Å². The van der Waals surface area contributed by atoms with Crippen LogP contribution in [0.1, 0.15) is 50.2 Å². The quantitative estimate of drug-likeness (QED) is 0.186. The first kappa shape index (κ1) is 29.5. The van der Waals surface area contributed by atoms with Crippen molar-refractivity contribution < 1.29 is 14.0 Å². The molecule has 0 spiro atoms. The van der Waals surface area contributed by atoms with Crippen molar-refractivity contribution in [2.75, 3.05) is 5.75 Å². The van der Waals surface area contributed by atoms with Gasteiger partial charge in [0.15, 0.2) is 11.0 Å². The minimum atomic E-state index is -0.484. The van der Waals surface area contributed by atoms with Gasteiger partial charge in [0.25, 0.3) is 11.8 Å². The predicted octanol–water partition coefficient (Wildman–Crippen LogP) is 6.24. The number of rotatable bonds is 10. The van der Waals surface area contributed by atoms with Crippen molar-refractivity contribution in [3.63, 3.8) is 0 Å². The Labute approximate surface area is 262 Å². The minimum absolute atomic E-state index is 0.0831. The number of halogens is 1. The number of aromatic nitrogens is 3. The van der Waals surface area contributed by atoms with Crippen LogP contribution in [0.4, 0.5) is 4.39 Å². The van der Waals surface area contributed by atoms with Gasteiger partial charge in [-0.15, -0.1) is 21.5 Å². The molecule has 3 heterocycles. The van der Waals surface area contributed by atoms with E-state index in [0.29, 0.717) is 23.9 Å². The Hall–Kier alpha value is -4.61. The Bertz CT molecular complexity index is 1790. The van der Waals surface area contributed by atoms with Crippen LogP contribution in [-0.2, 0) is 17.9 Å². The molecule has 1 aliphatic heterocycles. The maximum absolute atomic E-state index is 13.7. The van der Waals surface area contributed by atoms with Crippen LogP contribution < -0.4 is 5.32 Å². The zero-order valence-electron chi connectivity index (χ0n) is 23.9. The highest BCUT2D eigenvalue weighted by molar-refractivity contribution is 7.99. The number of nitrogens with one attached hydrogen (secondary N) is 1. The molecule has 8 nitrogen and oxygen atoms in total. The highest BCUT2D eigenvalue weighted by Gasteiger charge is 2.33. The van der Waals surface area contributed by atoms with Crippen LogP contribution in [0.15, 0.2) is 107 Å². The zero-order chi connectivity index (χ0) is 30.5. The van der Waals surface area contributed by atoms with Gasteiger partial charge in [0.05, 0.1) is 35.5 Å². The van der Waals surface area contributed by atoms with Crippen molar-refractivity contribution in [2.45, 2.75) is 37.6 Å². The molecule has 5 aromatic rings. The molecule has 0 fully saturated rings. The number of hydrogen-bond acceptors (Lipinski definition) is 7. The van der Waals surface area contributed by atoms with Crippen molar-refractivity contribution in [1.29, 1.82) is 0 Å². The molecule has 0 aliphatic carbocycles. The summed E-state index contributed by atoms with van der Waals surface area (Å²) in [4.78, 5) is 27.5. The lowest BCUT2D eigenvalue weighted by atomic mass is 10.00. The van der Waals surface area contributed by atoms with E-state index in [1.807, 2.05) is 59.3 Å². The van der Waals surface area contributed by atoms with E-state index < -0.39 is 11.7 Å². The SMILES string of the molecule is Cc1ccc([C@@H]2CC(c3cccs3)=NN2C(=O)CSc2nnc(CNC(=O)c3cccc(F)c3)n2Cc2ccccc2)cc1. The van der Waals surface area contributed by atoms with E-state index >= 15 is 0 Å². The molecule has 0 unspecified atom stereocenters. The number of thioether (sulfide) groups is 1. The number of hydrazone groups is 1. The number of hydrogen-bond donors (Lipinski definition) is 1. The number of amides is 2. The summed E-state index contributed by atoms with van der Waals surface area (Å²) in [6, 6.07) is 27.4. The molecule has 6 rings (SSSR count). The lowest BCUT2D eigenvalue weighted by Crippen LogP contribution is -2.28. The Balaban J connectivity index is 1.21. The molecule has 222 valence electrons. The normalized spacial score (nSPS) is 14.5. The molecule has 11 heteroatoms. The molecular formula is C33H29FN6O2S2. The van der Waals surface area contributed by atoms with Gasteiger partial charge in [0, 0.05) is 12.0 Å². The van der Waals surface area contributed by atoms with Crippen molar-refractivity contribution in [2.24, 2.45) is 5.10 Å². The van der Waals surface area contributed by atoms with E-state index in [2.05, 4.69) is 39.8 Å². The highest BCUT2D eigenvalue weighted by atomic mass is 32.2. The van der Waals surface area contributed by atoms with E-state index in [4.69, 9.17) is 5.10 Å². The van der Waals surface area contributed by atoms with Crippen LogP contribution in [0, 0.1) is 12.7 Å². The average molecular weight is 625 g/mol. The van der Waals surface area contributed by atoms with Crippen molar-refractivity contribution >= 4 is 40.6 Å². The van der Waals surface area contributed by atoms with Crippen LogP contribution >= 0.6 is 23.1 Å². The Morgan fingerprint density at radius 1 is 1.00 bits per heavy atom. The largest absolute Gasteiger partial charge is 0.345 e. The van der Waals surface area contributed by atoms with E-state index in [1.165, 1.54) is 30.0 Å².